The molecule has 2 heterocycles. The number of aliphatic carboxylic acids is 1. The number of thiazole rings is 1. The topological polar surface area (TPSA) is 79.7 Å². The predicted octanol–water partition coefficient (Wildman–Crippen LogP) is 1.11. The first-order valence-corrected chi connectivity index (χ1v) is 6.55. The average molecular weight is 291 g/mol. The van der Waals surface area contributed by atoms with E-state index in [1.54, 1.807) is 4.90 Å². The SMILES string of the molecule is O=C(O)C[C@H]1CN(C(=O)c2scnc2Cl)CCO1. The lowest BCUT2D eigenvalue weighted by atomic mass is 10.2. The zero-order valence-corrected chi connectivity index (χ0v) is 10.9. The van der Waals surface area contributed by atoms with Crippen molar-refractivity contribution in [3.63, 3.8) is 0 Å². The van der Waals surface area contributed by atoms with E-state index >= 15 is 0 Å². The van der Waals surface area contributed by atoms with E-state index in [0.29, 0.717) is 18.0 Å². The molecule has 1 aliphatic heterocycles. The van der Waals surface area contributed by atoms with Gasteiger partial charge in [0.25, 0.3) is 5.91 Å². The smallest absolute Gasteiger partial charge is 0.306 e. The first-order valence-electron chi connectivity index (χ1n) is 5.29. The van der Waals surface area contributed by atoms with Gasteiger partial charge >= 0.3 is 5.97 Å². The fraction of sp³-hybridized carbons (Fsp3) is 0.500. The van der Waals surface area contributed by atoms with Crippen molar-refractivity contribution in [1.82, 2.24) is 9.88 Å². The van der Waals surface area contributed by atoms with E-state index < -0.39 is 12.1 Å². The number of hydrogen-bond acceptors (Lipinski definition) is 5. The highest BCUT2D eigenvalue weighted by Crippen LogP contribution is 2.22. The summed E-state index contributed by atoms with van der Waals surface area (Å²) in [6.07, 6.45) is -0.577. The molecule has 0 radical (unpaired) electrons. The molecule has 0 aliphatic carbocycles. The number of morpholine rings is 1. The third-order valence-corrected chi connectivity index (χ3v) is 3.76. The molecule has 6 nitrogen and oxygen atoms in total. The molecule has 0 saturated carbocycles. The second kappa shape index (κ2) is 5.64. The zero-order chi connectivity index (χ0) is 13.1. The van der Waals surface area contributed by atoms with Crippen molar-refractivity contribution in [1.29, 1.82) is 0 Å². The van der Waals surface area contributed by atoms with Gasteiger partial charge in [-0.1, -0.05) is 11.6 Å². The maximum Gasteiger partial charge on any atom is 0.306 e. The molecule has 1 atom stereocenters. The van der Waals surface area contributed by atoms with Gasteiger partial charge in [0, 0.05) is 13.1 Å². The van der Waals surface area contributed by atoms with Crippen molar-refractivity contribution in [2.45, 2.75) is 12.5 Å². The van der Waals surface area contributed by atoms with E-state index in [9.17, 15) is 9.59 Å². The minimum absolute atomic E-state index is 0.111. The van der Waals surface area contributed by atoms with Crippen LogP contribution in [0.15, 0.2) is 5.51 Å². The number of carboxylic acids is 1. The first-order chi connectivity index (χ1) is 8.58. The largest absolute Gasteiger partial charge is 0.481 e. The van der Waals surface area contributed by atoms with Crippen LogP contribution in [-0.4, -0.2) is 52.7 Å². The lowest BCUT2D eigenvalue weighted by Gasteiger charge is -2.32. The molecule has 0 spiro atoms. The molecular formula is C10H11ClN2O4S. The number of aromatic nitrogens is 1. The van der Waals surface area contributed by atoms with E-state index in [2.05, 4.69) is 4.98 Å². The normalized spacial score (nSPS) is 19.8. The highest BCUT2D eigenvalue weighted by atomic mass is 35.5. The second-order valence-electron chi connectivity index (χ2n) is 3.81. The van der Waals surface area contributed by atoms with Gasteiger partial charge in [-0.2, -0.15) is 0 Å². The molecule has 1 aliphatic rings. The molecule has 98 valence electrons. The lowest BCUT2D eigenvalue weighted by Crippen LogP contribution is -2.46. The summed E-state index contributed by atoms with van der Waals surface area (Å²) >= 11 is 6.98. The number of amides is 1. The van der Waals surface area contributed by atoms with Gasteiger partial charge in [0.2, 0.25) is 0 Å². The number of hydrogen-bond donors (Lipinski definition) is 1. The Labute approximate surface area is 112 Å². The Kier molecular flexibility index (Phi) is 4.15. The van der Waals surface area contributed by atoms with Gasteiger partial charge in [-0.05, 0) is 0 Å². The Morgan fingerprint density at radius 2 is 2.44 bits per heavy atom. The first kappa shape index (κ1) is 13.3. The third-order valence-electron chi connectivity index (χ3n) is 2.55. The van der Waals surface area contributed by atoms with Crippen LogP contribution in [0.2, 0.25) is 5.15 Å². The Balaban J connectivity index is 2.03. The van der Waals surface area contributed by atoms with Gasteiger partial charge in [-0.15, -0.1) is 11.3 Å². The maximum absolute atomic E-state index is 12.1. The standard InChI is InChI=1S/C10H11ClN2O4S/c11-9-8(18-5-12-9)10(16)13-1-2-17-6(4-13)3-7(14)15/h5-6H,1-4H2,(H,14,15)/t6-/m0/s1. The minimum atomic E-state index is -0.940. The quantitative estimate of drug-likeness (QED) is 0.902. The van der Waals surface area contributed by atoms with Crippen LogP contribution in [0.1, 0.15) is 16.1 Å². The van der Waals surface area contributed by atoms with Gasteiger partial charge in [0.1, 0.15) is 4.88 Å². The summed E-state index contributed by atoms with van der Waals surface area (Å²) in [7, 11) is 0. The van der Waals surface area contributed by atoms with Crippen molar-refractivity contribution in [3.05, 3.63) is 15.5 Å². The second-order valence-corrected chi connectivity index (χ2v) is 5.03. The summed E-state index contributed by atoms with van der Waals surface area (Å²) in [6.45, 7) is 1.03. The number of carboxylic acid groups (broad SMARTS) is 1. The van der Waals surface area contributed by atoms with Crippen LogP contribution in [0.25, 0.3) is 0 Å². The molecule has 0 bridgehead atoms. The Morgan fingerprint density at radius 3 is 3.06 bits per heavy atom. The molecule has 1 fully saturated rings. The summed E-state index contributed by atoms with van der Waals surface area (Å²) < 4.78 is 5.30. The summed E-state index contributed by atoms with van der Waals surface area (Å²) in [5, 5.41) is 8.89. The number of ether oxygens (including phenoxy) is 1. The van der Waals surface area contributed by atoms with Crippen molar-refractivity contribution in [3.8, 4) is 0 Å². The maximum atomic E-state index is 12.1. The Hall–Kier alpha value is -1.18. The number of halogens is 1. The minimum Gasteiger partial charge on any atom is -0.481 e. The summed E-state index contributed by atoms with van der Waals surface area (Å²) in [5.41, 5.74) is 1.50. The summed E-state index contributed by atoms with van der Waals surface area (Å²) in [4.78, 5) is 28.5. The van der Waals surface area contributed by atoms with Crippen molar-refractivity contribution < 1.29 is 19.4 Å². The van der Waals surface area contributed by atoms with E-state index in [0.717, 1.165) is 0 Å². The summed E-state index contributed by atoms with van der Waals surface area (Å²) in [5.74, 6) is -1.16. The van der Waals surface area contributed by atoms with Crippen molar-refractivity contribution in [2.75, 3.05) is 19.7 Å². The van der Waals surface area contributed by atoms with E-state index in [1.807, 2.05) is 0 Å². The van der Waals surface area contributed by atoms with Crippen molar-refractivity contribution >= 4 is 34.8 Å². The molecule has 18 heavy (non-hydrogen) atoms. The molecule has 8 heteroatoms. The average Bonchev–Trinajstić information content (AvgIpc) is 2.74. The molecule has 0 unspecified atom stereocenters. The van der Waals surface area contributed by atoms with Crippen LogP contribution in [0, 0.1) is 0 Å². The van der Waals surface area contributed by atoms with Gasteiger partial charge in [0.15, 0.2) is 5.15 Å². The molecule has 1 N–H and O–H groups in total. The van der Waals surface area contributed by atoms with Crippen LogP contribution in [0.3, 0.4) is 0 Å². The Morgan fingerprint density at radius 1 is 1.67 bits per heavy atom. The molecule has 0 aromatic carbocycles. The lowest BCUT2D eigenvalue weighted by molar-refractivity contribution is -0.141. The highest BCUT2D eigenvalue weighted by Gasteiger charge is 2.28. The van der Waals surface area contributed by atoms with E-state index in [4.69, 9.17) is 21.4 Å². The van der Waals surface area contributed by atoms with Gasteiger partial charge in [0.05, 0.1) is 24.6 Å². The van der Waals surface area contributed by atoms with Gasteiger partial charge < -0.3 is 14.7 Å². The van der Waals surface area contributed by atoms with Crippen LogP contribution in [0.5, 0.6) is 0 Å². The number of rotatable bonds is 3. The fourth-order valence-electron chi connectivity index (χ4n) is 1.74. The van der Waals surface area contributed by atoms with Crippen molar-refractivity contribution in [2.24, 2.45) is 0 Å². The zero-order valence-electron chi connectivity index (χ0n) is 9.34. The molecule has 1 saturated heterocycles. The summed E-state index contributed by atoms with van der Waals surface area (Å²) in [6, 6.07) is 0. The number of nitrogens with zero attached hydrogens (tertiary/aromatic N) is 2. The van der Waals surface area contributed by atoms with Crippen LogP contribution >= 0.6 is 22.9 Å². The molecule has 2 rings (SSSR count). The number of carbonyl (C=O) groups excluding carboxylic acids is 1. The monoisotopic (exact) mass is 290 g/mol. The molecule has 1 aromatic rings. The van der Waals surface area contributed by atoms with Crippen LogP contribution < -0.4 is 0 Å². The van der Waals surface area contributed by atoms with Gasteiger partial charge in [-0.3, -0.25) is 9.59 Å². The Bertz CT molecular complexity index is 464. The molecular weight excluding hydrogens is 280 g/mol. The number of carbonyl (C=O) groups is 2. The predicted molar refractivity (Wildman–Crippen MR) is 65.0 cm³/mol. The van der Waals surface area contributed by atoms with E-state index in [-0.39, 0.29) is 24.0 Å². The third kappa shape index (κ3) is 2.98. The fourth-order valence-corrected chi connectivity index (χ4v) is 2.70. The molecule has 1 aromatic heterocycles. The van der Waals surface area contributed by atoms with E-state index in [1.165, 1.54) is 16.8 Å². The molecule has 1 amide bonds. The van der Waals surface area contributed by atoms with Gasteiger partial charge in [-0.25, -0.2) is 4.98 Å². The van der Waals surface area contributed by atoms with Crippen LogP contribution in [-0.2, 0) is 9.53 Å². The highest BCUT2D eigenvalue weighted by molar-refractivity contribution is 7.12. The van der Waals surface area contributed by atoms with Crippen LogP contribution in [0.4, 0.5) is 0 Å².